The predicted octanol–water partition coefficient (Wildman–Crippen LogP) is 3.62. The van der Waals surface area contributed by atoms with Crippen molar-refractivity contribution in [1.29, 1.82) is 0 Å². The molecule has 0 radical (unpaired) electrons. The van der Waals surface area contributed by atoms with Crippen LogP contribution < -0.4 is 4.90 Å². The molecule has 2 amide bonds. The average molecular weight is 395 g/mol. The Balaban J connectivity index is 1.83. The van der Waals surface area contributed by atoms with Crippen molar-refractivity contribution >= 4 is 29.4 Å². The minimum atomic E-state index is -0.539. The van der Waals surface area contributed by atoms with Gasteiger partial charge in [0, 0.05) is 0 Å². The number of ether oxygens (including phenoxy) is 2. The van der Waals surface area contributed by atoms with E-state index in [4.69, 9.17) is 9.47 Å². The van der Waals surface area contributed by atoms with Crippen molar-refractivity contribution in [2.75, 3.05) is 18.1 Å². The molecule has 1 aliphatic heterocycles. The number of carbonyl (C=O) groups is 4. The van der Waals surface area contributed by atoms with Gasteiger partial charge in [-0.05, 0) is 55.3 Å². The number of hydrogen-bond acceptors (Lipinski definition) is 6. The fraction of sp³-hybridized carbons (Fsp3) is 0.273. The minimum absolute atomic E-state index is 0.146. The summed E-state index contributed by atoms with van der Waals surface area (Å²) in [7, 11) is 0. The molecule has 0 N–H and O–H groups in total. The van der Waals surface area contributed by atoms with Crippen LogP contribution in [0.5, 0.6) is 0 Å². The molecular formula is C22H21NO6. The number of anilines is 1. The van der Waals surface area contributed by atoms with E-state index in [1.165, 1.54) is 42.5 Å². The lowest BCUT2D eigenvalue weighted by molar-refractivity contribution is 0.0496. The first kappa shape index (κ1) is 20.3. The second kappa shape index (κ2) is 8.68. The van der Waals surface area contributed by atoms with Gasteiger partial charge in [-0.25, -0.2) is 14.5 Å². The molecule has 0 fully saturated rings. The maximum Gasteiger partial charge on any atom is 0.338 e. The minimum Gasteiger partial charge on any atom is -0.462 e. The number of amides is 2. The van der Waals surface area contributed by atoms with Crippen LogP contribution in [0.4, 0.5) is 5.69 Å². The summed E-state index contributed by atoms with van der Waals surface area (Å²) in [5, 5.41) is 0. The molecule has 0 spiro atoms. The van der Waals surface area contributed by atoms with Crippen LogP contribution >= 0.6 is 0 Å². The average Bonchev–Trinajstić information content (AvgIpc) is 3.00. The first-order valence-corrected chi connectivity index (χ1v) is 9.45. The van der Waals surface area contributed by atoms with Gasteiger partial charge in [-0.3, -0.25) is 9.59 Å². The van der Waals surface area contributed by atoms with Crippen LogP contribution in [-0.4, -0.2) is 37.0 Å². The molecule has 0 atom stereocenters. The summed E-state index contributed by atoms with van der Waals surface area (Å²) >= 11 is 0. The van der Waals surface area contributed by atoms with Crippen LogP contribution in [0.1, 0.15) is 68.1 Å². The third-order valence-electron chi connectivity index (χ3n) is 4.36. The van der Waals surface area contributed by atoms with E-state index in [1.54, 1.807) is 0 Å². The molecule has 0 bridgehead atoms. The number of rotatable bonds is 7. The zero-order valence-electron chi connectivity index (χ0n) is 16.3. The molecule has 7 nitrogen and oxygen atoms in total. The largest absolute Gasteiger partial charge is 0.462 e. The van der Waals surface area contributed by atoms with E-state index in [9.17, 15) is 19.2 Å². The second-order valence-electron chi connectivity index (χ2n) is 6.52. The van der Waals surface area contributed by atoms with Crippen LogP contribution in [-0.2, 0) is 9.47 Å². The van der Waals surface area contributed by atoms with Crippen LogP contribution in [0.15, 0.2) is 42.5 Å². The first-order chi connectivity index (χ1) is 14.0. The van der Waals surface area contributed by atoms with Crippen molar-refractivity contribution < 1.29 is 28.7 Å². The lowest BCUT2D eigenvalue weighted by atomic mass is 10.1. The molecule has 1 heterocycles. The third-order valence-corrected chi connectivity index (χ3v) is 4.36. The molecule has 0 unspecified atom stereocenters. The van der Waals surface area contributed by atoms with E-state index in [0.29, 0.717) is 30.7 Å². The summed E-state index contributed by atoms with van der Waals surface area (Å²) < 4.78 is 10.2. The summed E-state index contributed by atoms with van der Waals surface area (Å²) in [5.41, 5.74) is 1.24. The van der Waals surface area contributed by atoms with Gasteiger partial charge in [-0.2, -0.15) is 0 Å². The van der Waals surface area contributed by atoms with Gasteiger partial charge in [0.05, 0.1) is 41.2 Å². The van der Waals surface area contributed by atoms with Crippen molar-refractivity contribution in [2.24, 2.45) is 0 Å². The molecule has 2 aromatic carbocycles. The molecular weight excluding hydrogens is 374 g/mol. The Morgan fingerprint density at radius 2 is 1.28 bits per heavy atom. The lowest BCUT2D eigenvalue weighted by Gasteiger charge is -2.14. The van der Waals surface area contributed by atoms with E-state index in [-0.39, 0.29) is 23.3 Å². The normalized spacial score (nSPS) is 12.7. The van der Waals surface area contributed by atoms with Gasteiger partial charge in [-0.15, -0.1) is 0 Å². The number of benzene rings is 2. The Hall–Kier alpha value is -3.48. The molecule has 0 saturated carbocycles. The molecule has 0 aromatic heterocycles. The number of carbonyl (C=O) groups excluding carboxylic acids is 4. The van der Waals surface area contributed by atoms with Crippen LogP contribution in [0.3, 0.4) is 0 Å². The zero-order chi connectivity index (χ0) is 21.0. The van der Waals surface area contributed by atoms with Gasteiger partial charge in [0.15, 0.2) is 0 Å². The Bertz CT molecular complexity index is 964. The Kier molecular flexibility index (Phi) is 6.07. The quantitative estimate of drug-likeness (QED) is 0.525. The molecule has 150 valence electrons. The highest BCUT2D eigenvalue weighted by atomic mass is 16.5. The fourth-order valence-electron chi connectivity index (χ4n) is 2.91. The Labute approximate surface area is 168 Å². The number of imide groups is 1. The number of fused-ring (bicyclic) bond motifs is 1. The Morgan fingerprint density at radius 3 is 1.86 bits per heavy atom. The van der Waals surface area contributed by atoms with E-state index in [1.807, 2.05) is 13.8 Å². The van der Waals surface area contributed by atoms with Crippen molar-refractivity contribution in [3.63, 3.8) is 0 Å². The summed E-state index contributed by atoms with van der Waals surface area (Å²) in [4.78, 5) is 50.5. The highest BCUT2D eigenvalue weighted by molar-refractivity contribution is 6.34. The van der Waals surface area contributed by atoms with Gasteiger partial charge in [0.2, 0.25) is 0 Å². The van der Waals surface area contributed by atoms with Gasteiger partial charge in [0.1, 0.15) is 0 Å². The summed E-state index contributed by atoms with van der Waals surface area (Å²) in [6.45, 7) is 4.38. The van der Waals surface area contributed by atoms with Gasteiger partial charge in [0.25, 0.3) is 11.8 Å². The molecule has 0 aliphatic carbocycles. The lowest BCUT2D eigenvalue weighted by Crippen LogP contribution is -2.29. The van der Waals surface area contributed by atoms with E-state index in [2.05, 4.69) is 0 Å². The van der Waals surface area contributed by atoms with Gasteiger partial charge in [-0.1, -0.05) is 13.8 Å². The first-order valence-electron chi connectivity index (χ1n) is 9.45. The third kappa shape index (κ3) is 4.03. The predicted molar refractivity (Wildman–Crippen MR) is 105 cm³/mol. The van der Waals surface area contributed by atoms with Crippen LogP contribution in [0.2, 0.25) is 0 Å². The van der Waals surface area contributed by atoms with E-state index < -0.39 is 23.8 Å². The number of hydrogen-bond donors (Lipinski definition) is 0. The molecule has 2 aromatic rings. The van der Waals surface area contributed by atoms with Crippen molar-refractivity contribution in [3.05, 3.63) is 64.7 Å². The molecule has 7 heteroatoms. The summed E-state index contributed by atoms with van der Waals surface area (Å²) in [6.07, 6.45) is 1.40. The van der Waals surface area contributed by atoms with E-state index >= 15 is 0 Å². The number of esters is 2. The topological polar surface area (TPSA) is 90.0 Å². The highest BCUT2D eigenvalue weighted by Crippen LogP contribution is 2.29. The highest BCUT2D eigenvalue weighted by Gasteiger charge is 2.37. The molecule has 29 heavy (non-hydrogen) atoms. The van der Waals surface area contributed by atoms with E-state index in [0.717, 1.165) is 4.90 Å². The maximum absolute atomic E-state index is 12.8. The zero-order valence-corrected chi connectivity index (χ0v) is 16.3. The standard InChI is InChI=1S/C22H21NO6/c1-3-11-28-21(26)14-5-8-16(9-6-14)23-19(24)17-10-7-15(13-18(17)20(23)25)22(27)29-12-4-2/h5-10,13H,3-4,11-12H2,1-2H3. The van der Waals surface area contributed by atoms with Crippen LogP contribution in [0.25, 0.3) is 0 Å². The smallest absolute Gasteiger partial charge is 0.338 e. The van der Waals surface area contributed by atoms with Gasteiger partial charge < -0.3 is 9.47 Å². The van der Waals surface area contributed by atoms with Crippen molar-refractivity contribution in [1.82, 2.24) is 0 Å². The molecule has 1 aliphatic rings. The summed E-state index contributed by atoms with van der Waals surface area (Å²) in [6, 6.07) is 10.3. The maximum atomic E-state index is 12.8. The van der Waals surface area contributed by atoms with Crippen molar-refractivity contribution in [3.8, 4) is 0 Å². The summed E-state index contributed by atoms with van der Waals surface area (Å²) in [5.74, 6) is -2.02. The molecule has 0 saturated heterocycles. The van der Waals surface area contributed by atoms with Gasteiger partial charge >= 0.3 is 11.9 Å². The van der Waals surface area contributed by atoms with Crippen LogP contribution in [0, 0.1) is 0 Å². The Morgan fingerprint density at radius 1 is 0.759 bits per heavy atom. The second-order valence-corrected chi connectivity index (χ2v) is 6.52. The monoisotopic (exact) mass is 395 g/mol. The molecule has 3 rings (SSSR count). The van der Waals surface area contributed by atoms with Crippen molar-refractivity contribution in [2.45, 2.75) is 26.7 Å². The SMILES string of the molecule is CCCOC(=O)c1ccc(N2C(=O)c3ccc(C(=O)OCCC)cc3C2=O)cc1. The number of nitrogens with zero attached hydrogens (tertiary/aromatic N) is 1. The fourth-order valence-corrected chi connectivity index (χ4v) is 2.91.